The molecule has 0 bridgehead atoms. The van der Waals surface area contributed by atoms with Crippen molar-refractivity contribution in [2.45, 2.75) is 48.7 Å². The van der Waals surface area contributed by atoms with Gasteiger partial charge in [0.25, 0.3) is 5.56 Å². The predicted molar refractivity (Wildman–Crippen MR) is 112 cm³/mol. The molecule has 2 heterocycles. The van der Waals surface area contributed by atoms with Crippen LogP contribution in [0.25, 0.3) is 0 Å². The fraction of sp³-hybridized carbons (Fsp3) is 0.421. The van der Waals surface area contributed by atoms with Gasteiger partial charge >= 0.3 is 0 Å². The number of benzene rings is 1. The summed E-state index contributed by atoms with van der Waals surface area (Å²) in [4.78, 5) is 30.1. The highest BCUT2D eigenvalue weighted by atomic mass is 32.2. The minimum absolute atomic E-state index is 0.0446. The number of hydrogen-bond donors (Lipinski definition) is 2. The molecule has 0 spiro atoms. The molecule has 29 heavy (non-hydrogen) atoms. The first-order valence-corrected chi connectivity index (χ1v) is 11.9. The third kappa shape index (κ3) is 5.46. The molecular weight excluding hydrogens is 412 g/mol. The maximum Gasteiger partial charge on any atom is 0.251 e. The number of piperidine rings is 1. The van der Waals surface area contributed by atoms with E-state index in [0.717, 1.165) is 37.4 Å². The fourth-order valence-corrected chi connectivity index (χ4v) is 5.72. The van der Waals surface area contributed by atoms with Crippen molar-refractivity contribution in [1.82, 2.24) is 14.3 Å². The standard InChI is InChI=1S/C19H24N4O4S2/c1-2-15-5-3-4-12-23(15)29(26,27)16-8-6-14(7-9-16)21-18(25)13-28-19-20-11-10-17(24)22-19/h6-11,15H,2-5,12-13H2,1H3,(H,21,25)(H,20,22,24). The van der Waals surface area contributed by atoms with E-state index in [-0.39, 0.29) is 28.2 Å². The average molecular weight is 437 g/mol. The monoisotopic (exact) mass is 436 g/mol. The Bertz CT molecular complexity index is 1010. The Morgan fingerprint density at radius 1 is 1.28 bits per heavy atom. The van der Waals surface area contributed by atoms with Gasteiger partial charge in [-0.1, -0.05) is 25.1 Å². The Morgan fingerprint density at radius 3 is 2.72 bits per heavy atom. The van der Waals surface area contributed by atoms with Gasteiger partial charge in [-0.25, -0.2) is 13.4 Å². The first kappa shape index (κ1) is 21.5. The van der Waals surface area contributed by atoms with E-state index in [2.05, 4.69) is 15.3 Å². The molecule has 0 radical (unpaired) electrons. The molecule has 8 nitrogen and oxygen atoms in total. The highest BCUT2D eigenvalue weighted by molar-refractivity contribution is 7.99. The van der Waals surface area contributed by atoms with Crippen molar-refractivity contribution in [3.8, 4) is 0 Å². The van der Waals surface area contributed by atoms with Crippen molar-refractivity contribution >= 4 is 33.4 Å². The van der Waals surface area contributed by atoms with Crippen LogP contribution in [0, 0.1) is 0 Å². The van der Waals surface area contributed by atoms with Crippen LogP contribution in [-0.4, -0.2) is 46.9 Å². The SMILES string of the molecule is CCC1CCCCN1S(=O)(=O)c1ccc(NC(=O)CSc2nccc(=O)[nH]2)cc1. The third-order valence-corrected chi connectivity index (χ3v) is 7.63. The molecule has 2 N–H and O–H groups in total. The Balaban J connectivity index is 1.62. The van der Waals surface area contributed by atoms with Crippen LogP contribution in [0.2, 0.25) is 0 Å². The first-order chi connectivity index (χ1) is 13.9. The maximum atomic E-state index is 13.0. The molecule has 10 heteroatoms. The van der Waals surface area contributed by atoms with Gasteiger partial charge in [0.05, 0.1) is 10.6 Å². The summed E-state index contributed by atoms with van der Waals surface area (Å²) in [5, 5.41) is 3.08. The van der Waals surface area contributed by atoms with Gasteiger partial charge in [-0.3, -0.25) is 9.59 Å². The second-order valence-corrected chi connectivity index (χ2v) is 9.63. The normalized spacial score (nSPS) is 17.8. The van der Waals surface area contributed by atoms with Gasteiger partial charge in [0.15, 0.2) is 5.16 Å². The lowest BCUT2D eigenvalue weighted by molar-refractivity contribution is -0.113. The molecular formula is C19H24N4O4S2. The number of aromatic amines is 1. The summed E-state index contributed by atoms with van der Waals surface area (Å²) in [5.74, 6) is -0.210. The number of nitrogens with zero attached hydrogens (tertiary/aromatic N) is 2. The predicted octanol–water partition coefficient (Wildman–Crippen LogP) is 2.45. The fourth-order valence-electron chi connectivity index (χ4n) is 3.30. The highest BCUT2D eigenvalue weighted by Gasteiger charge is 2.32. The Hall–Kier alpha value is -2.17. The number of amides is 1. The van der Waals surface area contributed by atoms with E-state index in [4.69, 9.17) is 0 Å². The molecule has 156 valence electrons. The molecule has 1 aliphatic rings. The third-order valence-electron chi connectivity index (χ3n) is 4.78. The minimum atomic E-state index is -3.54. The molecule has 1 saturated heterocycles. The molecule has 1 aliphatic heterocycles. The van der Waals surface area contributed by atoms with Gasteiger partial charge in [-0.15, -0.1) is 0 Å². The number of aromatic nitrogens is 2. The molecule has 0 saturated carbocycles. The minimum Gasteiger partial charge on any atom is -0.325 e. The summed E-state index contributed by atoms with van der Waals surface area (Å²) < 4.78 is 27.6. The zero-order valence-corrected chi connectivity index (χ0v) is 17.8. The van der Waals surface area contributed by atoms with Crippen molar-refractivity contribution in [2.75, 3.05) is 17.6 Å². The summed E-state index contributed by atoms with van der Waals surface area (Å²) >= 11 is 1.11. The maximum absolute atomic E-state index is 13.0. The zero-order valence-electron chi connectivity index (χ0n) is 16.1. The van der Waals surface area contributed by atoms with Gasteiger partial charge in [-0.2, -0.15) is 4.31 Å². The zero-order chi connectivity index (χ0) is 20.9. The van der Waals surface area contributed by atoms with Crippen LogP contribution in [0.5, 0.6) is 0 Å². The van der Waals surface area contributed by atoms with Crippen molar-refractivity contribution < 1.29 is 13.2 Å². The average Bonchev–Trinajstić information content (AvgIpc) is 2.72. The van der Waals surface area contributed by atoms with Crippen LogP contribution < -0.4 is 10.9 Å². The number of carbonyl (C=O) groups is 1. The summed E-state index contributed by atoms with van der Waals surface area (Å²) in [6.07, 6.45) is 5.00. The van der Waals surface area contributed by atoms with Crippen LogP contribution in [0.1, 0.15) is 32.6 Å². The highest BCUT2D eigenvalue weighted by Crippen LogP contribution is 2.27. The summed E-state index contributed by atoms with van der Waals surface area (Å²) in [7, 11) is -3.54. The Labute approximate surface area is 174 Å². The molecule has 1 amide bonds. The molecule has 2 aromatic rings. The smallest absolute Gasteiger partial charge is 0.251 e. The van der Waals surface area contributed by atoms with Crippen molar-refractivity contribution in [3.05, 3.63) is 46.9 Å². The number of carbonyl (C=O) groups excluding carboxylic acids is 1. The van der Waals surface area contributed by atoms with Gasteiger partial charge in [-0.05, 0) is 43.5 Å². The van der Waals surface area contributed by atoms with Crippen molar-refractivity contribution in [3.63, 3.8) is 0 Å². The first-order valence-electron chi connectivity index (χ1n) is 9.50. The number of thioether (sulfide) groups is 1. The number of rotatable bonds is 7. The van der Waals surface area contributed by atoms with E-state index in [1.165, 1.54) is 24.4 Å². The number of anilines is 1. The number of sulfonamides is 1. The molecule has 0 aliphatic carbocycles. The van der Waals surface area contributed by atoms with Crippen LogP contribution >= 0.6 is 11.8 Å². The number of H-pyrrole nitrogens is 1. The van der Waals surface area contributed by atoms with Crippen molar-refractivity contribution in [1.29, 1.82) is 0 Å². The lowest BCUT2D eigenvalue weighted by Crippen LogP contribution is -2.43. The Morgan fingerprint density at radius 2 is 2.03 bits per heavy atom. The summed E-state index contributed by atoms with van der Waals surface area (Å²) in [5.41, 5.74) is 0.230. The molecule has 1 aromatic heterocycles. The van der Waals surface area contributed by atoms with E-state index in [1.807, 2.05) is 6.92 Å². The molecule has 1 fully saturated rings. The lowest BCUT2D eigenvalue weighted by atomic mass is 10.0. The number of hydrogen-bond acceptors (Lipinski definition) is 6. The summed E-state index contributed by atoms with van der Waals surface area (Å²) in [6.45, 7) is 2.56. The summed E-state index contributed by atoms with van der Waals surface area (Å²) in [6, 6.07) is 7.56. The molecule has 3 rings (SSSR count). The van der Waals surface area contributed by atoms with Gasteiger partial charge < -0.3 is 10.3 Å². The second kappa shape index (κ2) is 9.55. The quantitative estimate of drug-likeness (QED) is 0.509. The van der Waals surface area contributed by atoms with Crippen LogP contribution in [0.15, 0.2) is 51.4 Å². The van der Waals surface area contributed by atoms with Gasteiger partial charge in [0, 0.05) is 30.5 Å². The second-order valence-electron chi connectivity index (χ2n) is 6.77. The molecule has 1 unspecified atom stereocenters. The van der Waals surface area contributed by atoms with E-state index in [9.17, 15) is 18.0 Å². The van der Waals surface area contributed by atoms with Crippen LogP contribution in [0.4, 0.5) is 5.69 Å². The van der Waals surface area contributed by atoms with E-state index < -0.39 is 10.0 Å². The Kier molecular flexibility index (Phi) is 7.09. The van der Waals surface area contributed by atoms with Crippen LogP contribution in [-0.2, 0) is 14.8 Å². The van der Waals surface area contributed by atoms with Crippen molar-refractivity contribution in [2.24, 2.45) is 0 Å². The lowest BCUT2D eigenvalue weighted by Gasteiger charge is -2.34. The van der Waals surface area contributed by atoms with E-state index in [0.29, 0.717) is 17.4 Å². The van der Waals surface area contributed by atoms with Gasteiger partial charge in [0.2, 0.25) is 15.9 Å². The van der Waals surface area contributed by atoms with Gasteiger partial charge in [0.1, 0.15) is 0 Å². The van der Waals surface area contributed by atoms with Crippen LogP contribution in [0.3, 0.4) is 0 Å². The molecule has 1 aromatic carbocycles. The number of nitrogens with one attached hydrogen (secondary N) is 2. The molecule has 1 atom stereocenters. The van der Waals surface area contributed by atoms with E-state index >= 15 is 0 Å². The largest absolute Gasteiger partial charge is 0.325 e. The van der Waals surface area contributed by atoms with E-state index in [1.54, 1.807) is 16.4 Å². The topological polar surface area (TPSA) is 112 Å².